The Morgan fingerprint density at radius 1 is 1.12 bits per heavy atom. The molecule has 1 heterocycles. The first-order valence-electron chi connectivity index (χ1n) is 6.74. The van der Waals surface area contributed by atoms with Gasteiger partial charge in [-0.2, -0.15) is 0 Å². The summed E-state index contributed by atoms with van der Waals surface area (Å²) < 4.78 is 0. The molecular weight excluding hydrogens is 196 g/mol. The Kier molecular flexibility index (Phi) is 5.10. The lowest BCUT2D eigenvalue weighted by molar-refractivity contribution is 0.502. The molecule has 0 unspecified atom stereocenters. The molecule has 0 radical (unpaired) electrons. The molecule has 0 spiro atoms. The Morgan fingerprint density at radius 3 is 2.75 bits per heavy atom. The van der Waals surface area contributed by atoms with Crippen LogP contribution in [0.15, 0.2) is 23.8 Å². The molecule has 2 aliphatic rings. The highest BCUT2D eigenvalue weighted by Gasteiger charge is 2.14. The molecule has 1 fully saturated rings. The lowest BCUT2D eigenvalue weighted by atomic mass is 10.2. The summed E-state index contributed by atoms with van der Waals surface area (Å²) >= 11 is 0. The second-order valence-corrected chi connectivity index (χ2v) is 4.85. The summed E-state index contributed by atoms with van der Waals surface area (Å²) in [6.45, 7) is 6.28. The zero-order valence-electron chi connectivity index (χ0n) is 10.3. The van der Waals surface area contributed by atoms with Crippen LogP contribution in [0, 0.1) is 0 Å². The van der Waals surface area contributed by atoms with Crippen LogP contribution in [0.4, 0.5) is 0 Å². The molecule has 16 heavy (non-hydrogen) atoms. The maximum Gasteiger partial charge on any atom is 0.0202 e. The molecule has 2 nitrogen and oxygen atoms in total. The quantitative estimate of drug-likeness (QED) is 0.474. The number of hydrogen-bond acceptors (Lipinski definition) is 2. The normalized spacial score (nSPS) is 19.1. The van der Waals surface area contributed by atoms with Crippen molar-refractivity contribution < 1.29 is 0 Å². The molecule has 1 aliphatic heterocycles. The molecule has 1 saturated heterocycles. The molecule has 1 aliphatic carbocycles. The summed E-state index contributed by atoms with van der Waals surface area (Å²) in [5, 5.41) is 3.51. The van der Waals surface area contributed by atoms with Crippen LogP contribution in [-0.2, 0) is 0 Å². The average molecular weight is 220 g/mol. The summed E-state index contributed by atoms with van der Waals surface area (Å²) in [5.74, 6) is 0. The number of allylic oxidation sites excluding steroid dienone is 2. The third kappa shape index (κ3) is 4.95. The van der Waals surface area contributed by atoms with Crippen molar-refractivity contribution in [2.75, 3.05) is 32.7 Å². The van der Waals surface area contributed by atoms with Crippen molar-refractivity contribution in [1.29, 1.82) is 0 Å². The first kappa shape index (κ1) is 11.9. The van der Waals surface area contributed by atoms with Crippen LogP contribution in [0.1, 0.15) is 32.1 Å². The minimum atomic E-state index is 1.06. The standard InChI is InChI=1S/C14H24N2/c1(2-6-10-16-11-12-16)5-9-15-13-14-7-3-4-8-14/h3,7-8,15H,1-2,4-6,9-13H2. The lowest BCUT2D eigenvalue weighted by Crippen LogP contribution is -2.17. The van der Waals surface area contributed by atoms with E-state index in [2.05, 4.69) is 28.4 Å². The lowest BCUT2D eigenvalue weighted by Gasteiger charge is -2.04. The second-order valence-electron chi connectivity index (χ2n) is 4.85. The van der Waals surface area contributed by atoms with Crippen molar-refractivity contribution >= 4 is 0 Å². The van der Waals surface area contributed by atoms with Crippen LogP contribution >= 0.6 is 0 Å². The third-order valence-electron chi connectivity index (χ3n) is 3.29. The number of rotatable bonds is 9. The smallest absolute Gasteiger partial charge is 0.0202 e. The van der Waals surface area contributed by atoms with Crippen LogP contribution in [0.3, 0.4) is 0 Å². The Morgan fingerprint density at radius 2 is 2.00 bits per heavy atom. The summed E-state index contributed by atoms with van der Waals surface area (Å²) in [7, 11) is 0. The van der Waals surface area contributed by atoms with Gasteiger partial charge in [-0.3, -0.25) is 0 Å². The van der Waals surface area contributed by atoms with Crippen LogP contribution in [0.2, 0.25) is 0 Å². The van der Waals surface area contributed by atoms with Gasteiger partial charge < -0.3 is 10.2 Å². The molecule has 0 aromatic rings. The molecule has 90 valence electrons. The van der Waals surface area contributed by atoms with E-state index in [-0.39, 0.29) is 0 Å². The predicted octanol–water partition coefficient (Wildman–Crippen LogP) is 2.34. The van der Waals surface area contributed by atoms with E-state index in [0.29, 0.717) is 0 Å². The summed E-state index contributed by atoms with van der Waals surface area (Å²) in [5.41, 5.74) is 1.46. The molecule has 1 N–H and O–H groups in total. The molecule has 0 amide bonds. The monoisotopic (exact) mass is 220 g/mol. The molecule has 0 saturated carbocycles. The number of nitrogens with one attached hydrogen (secondary N) is 1. The SMILES string of the molecule is C1=CC(CNCCCCCCN2CC2)=CC1. The molecule has 2 rings (SSSR count). The second kappa shape index (κ2) is 6.87. The minimum Gasteiger partial charge on any atom is -0.313 e. The molecular formula is C14H24N2. The van der Waals surface area contributed by atoms with Gasteiger partial charge in [0.25, 0.3) is 0 Å². The van der Waals surface area contributed by atoms with Crippen molar-refractivity contribution in [1.82, 2.24) is 10.2 Å². The van der Waals surface area contributed by atoms with Gasteiger partial charge in [0.2, 0.25) is 0 Å². The van der Waals surface area contributed by atoms with Gasteiger partial charge in [-0.05, 0) is 37.9 Å². The van der Waals surface area contributed by atoms with Crippen LogP contribution in [-0.4, -0.2) is 37.6 Å². The van der Waals surface area contributed by atoms with Gasteiger partial charge in [-0.1, -0.05) is 31.1 Å². The summed E-state index contributed by atoms with van der Waals surface area (Å²) in [6.07, 6.45) is 13.4. The van der Waals surface area contributed by atoms with Gasteiger partial charge in [-0.15, -0.1) is 0 Å². The predicted molar refractivity (Wildman–Crippen MR) is 69.6 cm³/mol. The largest absolute Gasteiger partial charge is 0.313 e. The number of unbranched alkanes of at least 4 members (excludes halogenated alkanes) is 3. The van der Waals surface area contributed by atoms with E-state index in [1.807, 2.05) is 0 Å². The Bertz CT molecular complexity index is 251. The van der Waals surface area contributed by atoms with Crippen LogP contribution < -0.4 is 5.32 Å². The Labute approximate surface area is 99.4 Å². The van der Waals surface area contributed by atoms with E-state index < -0.39 is 0 Å². The van der Waals surface area contributed by atoms with Crippen LogP contribution in [0.5, 0.6) is 0 Å². The first-order valence-corrected chi connectivity index (χ1v) is 6.74. The van der Waals surface area contributed by atoms with Crippen LogP contribution in [0.25, 0.3) is 0 Å². The van der Waals surface area contributed by atoms with E-state index >= 15 is 0 Å². The van der Waals surface area contributed by atoms with Crippen molar-refractivity contribution in [3.8, 4) is 0 Å². The van der Waals surface area contributed by atoms with E-state index in [1.54, 1.807) is 0 Å². The van der Waals surface area contributed by atoms with Gasteiger partial charge in [0.05, 0.1) is 0 Å². The minimum absolute atomic E-state index is 1.06. The third-order valence-corrected chi connectivity index (χ3v) is 3.29. The maximum absolute atomic E-state index is 3.51. The molecule has 0 aromatic heterocycles. The van der Waals surface area contributed by atoms with E-state index in [1.165, 1.54) is 57.4 Å². The van der Waals surface area contributed by atoms with Gasteiger partial charge in [0, 0.05) is 19.6 Å². The van der Waals surface area contributed by atoms with Gasteiger partial charge in [0.1, 0.15) is 0 Å². The highest BCUT2D eigenvalue weighted by atomic mass is 15.2. The number of hydrogen-bond donors (Lipinski definition) is 1. The zero-order valence-corrected chi connectivity index (χ0v) is 10.3. The van der Waals surface area contributed by atoms with Gasteiger partial charge >= 0.3 is 0 Å². The van der Waals surface area contributed by atoms with E-state index in [9.17, 15) is 0 Å². The van der Waals surface area contributed by atoms with Crippen molar-refractivity contribution in [2.24, 2.45) is 0 Å². The van der Waals surface area contributed by atoms with Gasteiger partial charge in [0.15, 0.2) is 0 Å². The van der Waals surface area contributed by atoms with E-state index in [0.717, 1.165) is 13.0 Å². The fourth-order valence-corrected chi connectivity index (χ4v) is 2.10. The fourth-order valence-electron chi connectivity index (χ4n) is 2.10. The molecule has 0 aromatic carbocycles. The van der Waals surface area contributed by atoms with Crippen molar-refractivity contribution in [3.05, 3.63) is 23.8 Å². The first-order chi connectivity index (χ1) is 7.95. The maximum atomic E-state index is 3.51. The summed E-state index contributed by atoms with van der Waals surface area (Å²) in [4.78, 5) is 2.51. The summed E-state index contributed by atoms with van der Waals surface area (Å²) in [6, 6.07) is 0. The van der Waals surface area contributed by atoms with Crippen molar-refractivity contribution in [2.45, 2.75) is 32.1 Å². The fraction of sp³-hybridized carbons (Fsp3) is 0.714. The Hall–Kier alpha value is -0.600. The topological polar surface area (TPSA) is 15.0 Å². The Balaban J connectivity index is 1.33. The highest BCUT2D eigenvalue weighted by Crippen LogP contribution is 2.08. The van der Waals surface area contributed by atoms with Crippen molar-refractivity contribution in [3.63, 3.8) is 0 Å². The highest BCUT2D eigenvalue weighted by molar-refractivity contribution is 5.26. The zero-order chi connectivity index (χ0) is 11.1. The molecule has 0 bridgehead atoms. The number of nitrogens with zero attached hydrogens (tertiary/aromatic N) is 1. The molecule has 0 atom stereocenters. The van der Waals surface area contributed by atoms with Gasteiger partial charge in [-0.25, -0.2) is 0 Å². The van der Waals surface area contributed by atoms with E-state index in [4.69, 9.17) is 0 Å². The molecule has 2 heteroatoms. The average Bonchev–Trinajstić information content (AvgIpc) is 2.97.